The van der Waals surface area contributed by atoms with Crippen LogP contribution in [0.5, 0.6) is 0 Å². The maximum Gasteiger partial charge on any atom is 0.322 e. The molecule has 1 saturated heterocycles. The molecule has 2 aromatic carbocycles. The Labute approximate surface area is 143 Å². The van der Waals surface area contributed by atoms with Crippen LogP contribution in [0.25, 0.3) is 0 Å². The molecule has 7 nitrogen and oxygen atoms in total. The molecule has 124 valence electrons. The van der Waals surface area contributed by atoms with Gasteiger partial charge < -0.3 is 10.6 Å². The number of carbonyl (C=O) groups excluding carboxylic acids is 3. The zero-order chi connectivity index (χ0) is 18.0. The van der Waals surface area contributed by atoms with Gasteiger partial charge in [0.15, 0.2) is 0 Å². The van der Waals surface area contributed by atoms with E-state index >= 15 is 0 Å². The Bertz CT molecular complexity index is 915. The van der Waals surface area contributed by atoms with E-state index in [2.05, 4.69) is 16.0 Å². The molecule has 3 N–H and O–H groups in total. The van der Waals surface area contributed by atoms with E-state index in [9.17, 15) is 14.4 Å². The van der Waals surface area contributed by atoms with Gasteiger partial charge >= 0.3 is 6.03 Å². The van der Waals surface area contributed by atoms with Crippen LogP contribution in [0.1, 0.15) is 28.4 Å². The Kier molecular flexibility index (Phi) is 3.95. The van der Waals surface area contributed by atoms with Gasteiger partial charge in [0.25, 0.3) is 11.8 Å². The summed E-state index contributed by atoms with van der Waals surface area (Å²) in [5.74, 6) is -0.792. The van der Waals surface area contributed by atoms with E-state index < -0.39 is 17.5 Å². The average Bonchev–Trinajstić information content (AvgIpc) is 2.88. The van der Waals surface area contributed by atoms with Gasteiger partial charge in [-0.05, 0) is 48.9 Å². The summed E-state index contributed by atoms with van der Waals surface area (Å²) in [6.45, 7) is 1.59. The van der Waals surface area contributed by atoms with Crippen molar-refractivity contribution < 1.29 is 14.4 Å². The molecular weight excluding hydrogens is 320 g/mol. The Balaban J connectivity index is 1.82. The molecule has 1 aliphatic heterocycles. The number of nitrogens with zero attached hydrogens (tertiary/aromatic N) is 1. The second kappa shape index (κ2) is 6.09. The molecule has 25 heavy (non-hydrogen) atoms. The Hall–Kier alpha value is -3.66. The van der Waals surface area contributed by atoms with Crippen molar-refractivity contribution in [3.05, 3.63) is 65.2 Å². The SMILES string of the molecule is CC1(c2cccc(NC(=O)c3ccc(C#N)cc3)c2)NC(=O)NC1=O. The largest absolute Gasteiger partial charge is 0.322 e. The van der Waals surface area contributed by atoms with E-state index in [-0.39, 0.29) is 5.91 Å². The molecule has 1 unspecified atom stereocenters. The zero-order valence-corrected chi connectivity index (χ0v) is 13.3. The summed E-state index contributed by atoms with van der Waals surface area (Å²) in [5, 5.41) is 16.3. The third-order valence-corrected chi connectivity index (χ3v) is 4.02. The first-order valence-corrected chi connectivity index (χ1v) is 7.48. The normalized spacial score (nSPS) is 18.9. The number of nitrogens with one attached hydrogen (secondary N) is 3. The van der Waals surface area contributed by atoms with E-state index in [1.54, 1.807) is 55.5 Å². The highest BCUT2D eigenvalue weighted by atomic mass is 16.2. The lowest BCUT2D eigenvalue weighted by Crippen LogP contribution is -2.40. The minimum atomic E-state index is -1.19. The lowest BCUT2D eigenvalue weighted by Gasteiger charge is -2.21. The molecular formula is C18H14N4O3. The lowest BCUT2D eigenvalue weighted by atomic mass is 9.92. The van der Waals surface area contributed by atoms with Crippen molar-refractivity contribution in [1.29, 1.82) is 5.26 Å². The Morgan fingerprint density at radius 1 is 1.16 bits per heavy atom. The molecule has 4 amide bonds. The average molecular weight is 334 g/mol. The van der Waals surface area contributed by atoms with Crippen LogP contribution in [-0.4, -0.2) is 17.8 Å². The van der Waals surface area contributed by atoms with Crippen molar-refractivity contribution >= 4 is 23.5 Å². The first-order valence-electron chi connectivity index (χ1n) is 7.48. The number of nitriles is 1. The van der Waals surface area contributed by atoms with Gasteiger partial charge in [-0.2, -0.15) is 5.26 Å². The number of rotatable bonds is 3. The summed E-state index contributed by atoms with van der Waals surface area (Å²) in [6, 6.07) is 14.4. The minimum absolute atomic E-state index is 0.341. The summed E-state index contributed by atoms with van der Waals surface area (Å²) in [6.07, 6.45) is 0. The van der Waals surface area contributed by atoms with Crippen molar-refractivity contribution in [2.45, 2.75) is 12.5 Å². The van der Waals surface area contributed by atoms with Gasteiger partial charge in [0.2, 0.25) is 0 Å². The summed E-state index contributed by atoms with van der Waals surface area (Å²) in [5.41, 5.74) is 0.721. The number of hydrogen-bond acceptors (Lipinski definition) is 4. The van der Waals surface area contributed by atoms with Crippen LogP contribution in [0.2, 0.25) is 0 Å². The molecule has 1 aliphatic rings. The molecule has 0 aromatic heterocycles. The molecule has 2 aromatic rings. The lowest BCUT2D eigenvalue weighted by molar-refractivity contribution is -0.123. The predicted molar refractivity (Wildman–Crippen MR) is 89.6 cm³/mol. The molecule has 0 radical (unpaired) electrons. The number of urea groups is 1. The van der Waals surface area contributed by atoms with Crippen molar-refractivity contribution in [2.24, 2.45) is 0 Å². The van der Waals surface area contributed by atoms with E-state index in [1.165, 1.54) is 0 Å². The molecule has 1 atom stereocenters. The van der Waals surface area contributed by atoms with Crippen LogP contribution in [0, 0.1) is 11.3 Å². The number of anilines is 1. The molecule has 0 bridgehead atoms. The number of hydrogen-bond donors (Lipinski definition) is 3. The molecule has 3 rings (SSSR count). The van der Waals surface area contributed by atoms with E-state index in [0.717, 1.165) is 0 Å². The van der Waals surface area contributed by atoms with Crippen molar-refractivity contribution in [1.82, 2.24) is 10.6 Å². The Morgan fingerprint density at radius 3 is 2.48 bits per heavy atom. The molecule has 0 aliphatic carbocycles. The third-order valence-electron chi connectivity index (χ3n) is 4.02. The zero-order valence-electron chi connectivity index (χ0n) is 13.3. The van der Waals surface area contributed by atoms with Crippen LogP contribution in [-0.2, 0) is 10.3 Å². The fraction of sp³-hybridized carbons (Fsp3) is 0.111. The molecule has 0 saturated carbocycles. The van der Waals surface area contributed by atoms with E-state index in [1.807, 2.05) is 6.07 Å². The number of amides is 4. The second-order valence-corrected chi connectivity index (χ2v) is 5.76. The molecule has 1 heterocycles. The highest BCUT2D eigenvalue weighted by Gasteiger charge is 2.43. The van der Waals surface area contributed by atoms with Crippen LogP contribution in [0.15, 0.2) is 48.5 Å². The summed E-state index contributed by atoms with van der Waals surface area (Å²) >= 11 is 0. The van der Waals surface area contributed by atoms with Crippen LogP contribution in [0.3, 0.4) is 0 Å². The van der Waals surface area contributed by atoms with Crippen LogP contribution in [0.4, 0.5) is 10.5 Å². The molecule has 0 spiro atoms. The van der Waals surface area contributed by atoms with Gasteiger partial charge in [0.1, 0.15) is 5.54 Å². The summed E-state index contributed by atoms with van der Waals surface area (Å²) < 4.78 is 0. The first-order chi connectivity index (χ1) is 11.9. The fourth-order valence-electron chi connectivity index (χ4n) is 2.55. The third kappa shape index (κ3) is 3.05. The maximum atomic E-state index is 12.3. The predicted octanol–water partition coefficient (Wildman–Crippen LogP) is 1.87. The quantitative estimate of drug-likeness (QED) is 0.744. The number of benzene rings is 2. The van der Waals surface area contributed by atoms with Gasteiger partial charge in [-0.1, -0.05) is 12.1 Å². The van der Waals surface area contributed by atoms with Crippen molar-refractivity contribution in [3.8, 4) is 6.07 Å². The van der Waals surface area contributed by atoms with E-state index in [0.29, 0.717) is 22.4 Å². The second-order valence-electron chi connectivity index (χ2n) is 5.76. The van der Waals surface area contributed by atoms with Crippen molar-refractivity contribution in [2.75, 3.05) is 5.32 Å². The standard InChI is InChI=1S/C18H14N4O3/c1-18(16(24)21-17(25)22-18)13-3-2-4-14(9-13)20-15(23)12-7-5-11(10-19)6-8-12/h2-9H,1H3,(H,20,23)(H2,21,22,24,25). The van der Waals surface area contributed by atoms with Gasteiger partial charge in [-0.25, -0.2) is 4.79 Å². The van der Waals surface area contributed by atoms with Crippen LogP contribution >= 0.6 is 0 Å². The highest BCUT2D eigenvalue weighted by molar-refractivity contribution is 6.07. The highest BCUT2D eigenvalue weighted by Crippen LogP contribution is 2.26. The minimum Gasteiger partial charge on any atom is -0.322 e. The fourth-order valence-corrected chi connectivity index (χ4v) is 2.55. The maximum absolute atomic E-state index is 12.3. The van der Waals surface area contributed by atoms with E-state index in [4.69, 9.17) is 5.26 Å². The van der Waals surface area contributed by atoms with Gasteiger partial charge in [-0.3, -0.25) is 14.9 Å². The van der Waals surface area contributed by atoms with Crippen LogP contribution < -0.4 is 16.0 Å². The number of imide groups is 1. The van der Waals surface area contributed by atoms with Crippen molar-refractivity contribution in [3.63, 3.8) is 0 Å². The van der Waals surface area contributed by atoms with Gasteiger partial charge in [0.05, 0.1) is 11.6 Å². The molecule has 1 fully saturated rings. The smallest absolute Gasteiger partial charge is 0.322 e. The first kappa shape index (κ1) is 16.2. The Morgan fingerprint density at radius 2 is 1.88 bits per heavy atom. The molecule has 7 heteroatoms. The summed E-state index contributed by atoms with van der Waals surface area (Å²) in [4.78, 5) is 35.7. The van der Waals surface area contributed by atoms with Gasteiger partial charge in [0, 0.05) is 11.3 Å². The topological polar surface area (TPSA) is 111 Å². The number of carbonyl (C=O) groups is 3. The summed E-state index contributed by atoms with van der Waals surface area (Å²) in [7, 11) is 0. The monoisotopic (exact) mass is 334 g/mol. The van der Waals surface area contributed by atoms with Gasteiger partial charge in [-0.15, -0.1) is 0 Å².